The zero-order valence-corrected chi connectivity index (χ0v) is 23.0. The highest BCUT2D eigenvalue weighted by atomic mass is 35.5. The van der Waals surface area contributed by atoms with Gasteiger partial charge in [0, 0.05) is 13.1 Å². The summed E-state index contributed by atoms with van der Waals surface area (Å²) in [5.41, 5.74) is 0.962. The summed E-state index contributed by atoms with van der Waals surface area (Å²) < 4.78 is 36.6. The van der Waals surface area contributed by atoms with Crippen molar-refractivity contribution in [2.75, 3.05) is 37.9 Å². The highest BCUT2D eigenvalue weighted by Gasteiger charge is 2.30. The van der Waals surface area contributed by atoms with Gasteiger partial charge in [-0.25, -0.2) is 8.42 Å². The number of halogens is 1. The Bertz CT molecular complexity index is 1150. The van der Waals surface area contributed by atoms with E-state index in [1.165, 1.54) is 30.2 Å². The summed E-state index contributed by atoms with van der Waals surface area (Å²) in [6, 6.07) is 10.7. The van der Waals surface area contributed by atoms with Gasteiger partial charge in [0.1, 0.15) is 24.1 Å². The van der Waals surface area contributed by atoms with Gasteiger partial charge in [0.15, 0.2) is 0 Å². The maximum atomic E-state index is 13.6. The fraction of sp³-hybridized carbons (Fsp3) is 0.440. The van der Waals surface area contributed by atoms with Crippen LogP contribution in [0.2, 0.25) is 5.02 Å². The first-order valence-electron chi connectivity index (χ1n) is 11.4. The normalized spacial score (nSPS) is 12.1. The molecule has 9 nitrogen and oxygen atoms in total. The number of hydrogen-bond acceptors (Lipinski definition) is 6. The second-order valence-electron chi connectivity index (χ2n) is 8.77. The van der Waals surface area contributed by atoms with Crippen LogP contribution in [0.25, 0.3) is 0 Å². The van der Waals surface area contributed by atoms with E-state index in [1.807, 2.05) is 13.8 Å². The Morgan fingerprint density at radius 3 is 2.17 bits per heavy atom. The number of methoxy groups -OCH3 is 2. The second-order valence-corrected chi connectivity index (χ2v) is 11.1. The molecule has 0 saturated heterocycles. The third kappa shape index (κ3) is 8.03. The molecule has 1 atom stereocenters. The van der Waals surface area contributed by atoms with Crippen molar-refractivity contribution in [3.8, 4) is 11.5 Å². The van der Waals surface area contributed by atoms with Crippen LogP contribution in [0.1, 0.15) is 26.3 Å². The molecule has 2 aromatic carbocycles. The van der Waals surface area contributed by atoms with Crippen molar-refractivity contribution in [3.05, 3.63) is 53.1 Å². The van der Waals surface area contributed by atoms with Gasteiger partial charge in [0.25, 0.3) is 0 Å². The number of anilines is 1. The molecule has 198 valence electrons. The lowest BCUT2D eigenvalue weighted by molar-refractivity contribution is -0.139. The zero-order valence-electron chi connectivity index (χ0n) is 21.4. The minimum Gasteiger partial charge on any atom is -0.497 e. The van der Waals surface area contributed by atoms with Crippen LogP contribution in [0.5, 0.6) is 11.5 Å². The molecule has 2 aromatic rings. The van der Waals surface area contributed by atoms with E-state index in [0.29, 0.717) is 18.0 Å². The summed E-state index contributed by atoms with van der Waals surface area (Å²) in [5, 5.41) is 3.04. The standard InChI is InChI=1S/C25H34ClN3O6S/c1-17(2)14-27-25(31)18(3)28(15-19-7-10-21(34-4)11-8-19)24(30)16-29(36(6,32)33)20-9-12-23(35-5)22(26)13-20/h7-13,17-18H,14-16H2,1-6H3,(H,27,31)/t18-/m1/s1. The zero-order chi connectivity index (χ0) is 27.0. The predicted molar refractivity (Wildman–Crippen MR) is 141 cm³/mol. The average Bonchev–Trinajstić information content (AvgIpc) is 2.83. The predicted octanol–water partition coefficient (Wildman–Crippen LogP) is 3.31. The van der Waals surface area contributed by atoms with Gasteiger partial charge >= 0.3 is 0 Å². The van der Waals surface area contributed by atoms with E-state index >= 15 is 0 Å². The van der Waals surface area contributed by atoms with Gasteiger partial charge in [0.05, 0.1) is 31.2 Å². The van der Waals surface area contributed by atoms with E-state index < -0.39 is 28.5 Å². The molecule has 0 aliphatic rings. The summed E-state index contributed by atoms with van der Waals surface area (Å²) in [5.74, 6) is 0.377. The lowest BCUT2D eigenvalue weighted by atomic mass is 10.1. The number of sulfonamides is 1. The maximum absolute atomic E-state index is 13.6. The van der Waals surface area contributed by atoms with Gasteiger partial charge in [-0.15, -0.1) is 0 Å². The molecule has 0 bridgehead atoms. The average molecular weight is 540 g/mol. The molecule has 0 saturated carbocycles. The first-order valence-corrected chi connectivity index (χ1v) is 13.6. The molecular weight excluding hydrogens is 506 g/mol. The minimum atomic E-state index is -3.86. The summed E-state index contributed by atoms with van der Waals surface area (Å²) in [7, 11) is -0.864. The van der Waals surface area contributed by atoms with Gasteiger partial charge in [0.2, 0.25) is 21.8 Å². The first-order chi connectivity index (χ1) is 16.9. The molecule has 0 aliphatic heterocycles. The largest absolute Gasteiger partial charge is 0.497 e. The number of nitrogens with one attached hydrogen (secondary N) is 1. The number of ether oxygens (including phenoxy) is 2. The fourth-order valence-electron chi connectivity index (χ4n) is 3.39. The molecule has 0 radical (unpaired) electrons. The van der Waals surface area contributed by atoms with Crippen LogP contribution >= 0.6 is 11.6 Å². The smallest absolute Gasteiger partial charge is 0.244 e. The lowest BCUT2D eigenvalue weighted by Crippen LogP contribution is -2.51. The third-order valence-electron chi connectivity index (χ3n) is 5.47. The molecule has 0 fully saturated rings. The van der Waals surface area contributed by atoms with Gasteiger partial charge in [-0.1, -0.05) is 37.6 Å². The SMILES string of the molecule is COc1ccc(CN(C(=O)CN(c2ccc(OC)c(Cl)c2)S(C)(=O)=O)[C@H](C)C(=O)NCC(C)C)cc1. The van der Waals surface area contributed by atoms with Crippen molar-refractivity contribution in [2.45, 2.75) is 33.4 Å². The van der Waals surface area contributed by atoms with Gasteiger partial charge in [-0.3, -0.25) is 13.9 Å². The summed E-state index contributed by atoms with van der Waals surface area (Å²) in [6.07, 6.45) is 1.00. The van der Waals surface area contributed by atoms with E-state index in [2.05, 4.69) is 5.32 Å². The van der Waals surface area contributed by atoms with Crippen molar-refractivity contribution < 1.29 is 27.5 Å². The Balaban J connectivity index is 2.39. The molecule has 1 N–H and O–H groups in total. The molecule has 0 aliphatic carbocycles. The van der Waals surface area contributed by atoms with Crippen molar-refractivity contribution >= 4 is 39.1 Å². The molecule has 11 heteroatoms. The number of benzene rings is 2. The molecule has 0 heterocycles. The number of amides is 2. The molecule has 36 heavy (non-hydrogen) atoms. The topological polar surface area (TPSA) is 105 Å². The monoisotopic (exact) mass is 539 g/mol. The highest BCUT2D eigenvalue weighted by molar-refractivity contribution is 7.92. The number of hydrogen-bond donors (Lipinski definition) is 1. The van der Waals surface area contributed by atoms with Crippen LogP contribution in [0.15, 0.2) is 42.5 Å². The molecule has 2 amide bonds. The van der Waals surface area contributed by atoms with E-state index in [0.717, 1.165) is 16.1 Å². The Kier molecular flexibility index (Phi) is 10.4. The summed E-state index contributed by atoms with van der Waals surface area (Å²) in [4.78, 5) is 27.8. The van der Waals surface area contributed by atoms with Gasteiger partial charge in [-0.2, -0.15) is 0 Å². The van der Waals surface area contributed by atoms with E-state index in [4.69, 9.17) is 21.1 Å². The van der Waals surface area contributed by atoms with Crippen LogP contribution in [0.3, 0.4) is 0 Å². The number of nitrogens with zero attached hydrogens (tertiary/aromatic N) is 2. The second kappa shape index (κ2) is 12.8. The summed E-state index contributed by atoms with van der Waals surface area (Å²) in [6.45, 7) is 5.59. The summed E-state index contributed by atoms with van der Waals surface area (Å²) >= 11 is 6.20. The highest BCUT2D eigenvalue weighted by Crippen LogP contribution is 2.30. The van der Waals surface area contributed by atoms with Crippen LogP contribution in [0.4, 0.5) is 5.69 Å². The van der Waals surface area contributed by atoms with E-state index in [1.54, 1.807) is 38.3 Å². The van der Waals surface area contributed by atoms with Gasteiger partial charge < -0.3 is 19.7 Å². The van der Waals surface area contributed by atoms with E-state index in [-0.39, 0.29) is 29.1 Å². The molecular formula is C25H34ClN3O6S. The van der Waals surface area contributed by atoms with Crippen LogP contribution in [-0.4, -0.2) is 64.7 Å². The van der Waals surface area contributed by atoms with Crippen molar-refractivity contribution in [1.82, 2.24) is 10.2 Å². The number of carbonyl (C=O) groups is 2. The van der Waals surface area contributed by atoms with Crippen molar-refractivity contribution in [2.24, 2.45) is 5.92 Å². The molecule has 0 aromatic heterocycles. The first kappa shape index (κ1) is 29.3. The van der Waals surface area contributed by atoms with E-state index in [9.17, 15) is 18.0 Å². The Labute approximate surface area is 218 Å². The maximum Gasteiger partial charge on any atom is 0.244 e. The van der Waals surface area contributed by atoms with Crippen LogP contribution < -0.4 is 19.1 Å². The molecule has 2 rings (SSSR count). The van der Waals surface area contributed by atoms with Crippen molar-refractivity contribution in [1.29, 1.82) is 0 Å². The third-order valence-corrected chi connectivity index (χ3v) is 6.90. The van der Waals surface area contributed by atoms with Crippen molar-refractivity contribution in [3.63, 3.8) is 0 Å². The fourth-order valence-corrected chi connectivity index (χ4v) is 4.48. The lowest BCUT2D eigenvalue weighted by Gasteiger charge is -2.31. The minimum absolute atomic E-state index is 0.0973. The Morgan fingerprint density at radius 1 is 1.03 bits per heavy atom. The van der Waals surface area contributed by atoms with Crippen LogP contribution in [-0.2, 0) is 26.2 Å². The Hall–Kier alpha value is -2.98. The van der Waals surface area contributed by atoms with Crippen LogP contribution in [0, 0.1) is 5.92 Å². The van der Waals surface area contributed by atoms with Gasteiger partial charge in [-0.05, 0) is 48.7 Å². The number of rotatable bonds is 12. The molecule has 0 spiro atoms. The quantitative estimate of drug-likeness (QED) is 0.443. The Morgan fingerprint density at radius 2 is 1.67 bits per heavy atom. The number of carbonyl (C=O) groups excluding carboxylic acids is 2. The molecule has 0 unspecified atom stereocenters.